The molecule has 0 aromatic heterocycles. The van der Waals surface area contributed by atoms with Gasteiger partial charge in [-0.15, -0.1) is 24.0 Å². The van der Waals surface area contributed by atoms with Gasteiger partial charge in [-0.1, -0.05) is 48.5 Å². The Balaban J connectivity index is 0.00000450. The van der Waals surface area contributed by atoms with E-state index in [1.54, 1.807) is 0 Å². The van der Waals surface area contributed by atoms with Gasteiger partial charge in [-0.05, 0) is 32.4 Å². The zero-order chi connectivity index (χ0) is 20.9. The van der Waals surface area contributed by atoms with Gasteiger partial charge in [0.15, 0.2) is 5.96 Å². The molecule has 0 saturated carbocycles. The Morgan fingerprint density at radius 1 is 1.00 bits per heavy atom. The van der Waals surface area contributed by atoms with Crippen LogP contribution in [0.15, 0.2) is 59.6 Å². The molecule has 0 saturated heterocycles. The Kier molecular flexibility index (Phi) is 12.6. The summed E-state index contributed by atoms with van der Waals surface area (Å²) in [7, 11) is 0. The Morgan fingerprint density at radius 2 is 1.70 bits per heavy atom. The summed E-state index contributed by atoms with van der Waals surface area (Å²) in [6, 6.07) is 17.9. The van der Waals surface area contributed by atoms with E-state index in [1.807, 2.05) is 80.3 Å². The Morgan fingerprint density at radius 3 is 2.37 bits per heavy atom. The van der Waals surface area contributed by atoms with Crippen molar-refractivity contribution >= 4 is 35.8 Å². The van der Waals surface area contributed by atoms with Gasteiger partial charge < -0.3 is 20.3 Å². The van der Waals surface area contributed by atoms with Crippen LogP contribution in [0.5, 0.6) is 5.75 Å². The second-order valence-electron chi connectivity index (χ2n) is 6.48. The van der Waals surface area contributed by atoms with Gasteiger partial charge in [0.1, 0.15) is 5.75 Å². The number of ether oxygens (including phenoxy) is 1. The van der Waals surface area contributed by atoms with Crippen molar-refractivity contribution < 1.29 is 9.53 Å². The number of carbonyl (C=O) groups is 1. The summed E-state index contributed by atoms with van der Waals surface area (Å²) in [4.78, 5) is 19.1. The number of nitrogens with zero attached hydrogens (tertiary/aromatic N) is 2. The summed E-state index contributed by atoms with van der Waals surface area (Å²) in [5.74, 6) is 1.49. The molecular formula is C23H33IN4O2. The molecular weight excluding hydrogens is 491 g/mol. The lowest BCUT2D eigenvalue weighted by Crippen LogP contribution is -2.44. The maximum Gasteiger partial charge on any atom is 0.242 e. The highest BCUT2D eigenvalue weighted by atomic mass is 127. The van der Waals surface area contributed by atoms with Crippen molar-refractivity contribution in [3.63, 3.8) is 0 Å². The normalized spacial score (nSPS) is 10.7. The maximum atomic E-state index is 12.7. The average Bonchev–Trinajstić information content (AvgIpc) is 2.75. The quantitative estimate of drug-likeness (QED) is 0.282. The minimum absolute atomic E-state index is 0. The zero-order valence-corrected chi connectivity index (χ0v) is 20.4. The number of hydrogen-bond donors (Lipinski definition) is 2. The number of guanidine groups is 1. The van der Waals surface area contributed by atoms with Gasteiger partial charge in [0, 0.05) is 25.2 Å². The third kappa shape index (κ3) is 8.61. The van der Waals surface area contributed by atoms with Crippen LogP contribution in [0.1, 0.15) is 31.9 Å². The summed E-state index contributed by atoms with van der Waals surface area (Å²) < 4.78 is 5.66. The van der Waals surface area contributed by atoms with Gasteiger partial charge in [-0.25, -0.2) is 4.99 Å². The van der Waals surface area contributed by atoms with Crippen LogP contribution in [-0.4, -0.2) is 43.0 Å². The minimum atomic E-state index is 0. The molecule has 0 aliphatic rings. The molecule has 0 bridgehead atoms. The van der Waals surface area contributed by atoms with E-state index in [0.29, 0.717) is 38.7 Å². The maximum absolute atomic E-state index is 12.7. The first kappa shape index (κ1) is 25.7. The molecule has 1 amide bonds. The lowest BCUT2D eigenvalue weighted by atomic mass is 10.2. The Labute approximate surface area is 197 Å². The summed E-state index contributed by atoms with van der Waals surface area (Å²) >= 11 is 0. The predicted octanol–water partition coefficient (Wildman–Crippen LogP) is 3.81. The molecule has 0 radical (unpaired) electrons. The zero-order valence-electron chi connectivity index (χ0n) is 18.1. The first-order valence-electron chi connectivity index (χ1n) is 10.2. The third-order valence-electron chi connectivity index (χ3n) is 4.38. The number of hydrogen-bond acceptors (Lipinski definition) is 3. The Hall–Kier alpha value is -2.29. The van der Waals surface area contributed by atoms with Crippen LogP contribution in [0.25, 0.3) is 0 Å². The number of aliphatic imine (C=N–C) groups is 1. The monoisotopic (exact) mass is 524 g/mol. The number of amides is 1. The number of para-hydroxylation sites is 1. The number of halogens is 1. The molecule has 0 heterocycles. The number of benzene rings is 2. The van der Waals surface area contributed by atoms with Crippen LogP contribution in [0.2, 0.25) is 0 Å². The molecule has 2 aromatic carbocycles. The van der Waals surface area contributed by atoms with Gasteiger partial charge in [0.2, 0.25) is 5.91 Å². The highest BCUT2D eigenvalue weighted by Crippen LogP contribution is 2.18. The fourth-order valence-electron chi connectivity index (χ4n) is 2.89. The summed E-state index contributed by atoms with van der Waals surface area (Å²) in [6.45, 7) is 9.22. The van der Waals surface area contributed by atoms with Crippen molar-refractivity contribution in [2.24, 2.45) is 4.99 Å². The summed E-state index contributed by atoms with van der Waals surface area (Å²) in [5.41, 5.74) is 2.13. The predicted molar refractivity (Wildman–Crippen MR) is 133 cm³/mol. The minimum Gasteiger partial charge on any atom is -0.494 e. The topological polar surface area (TPSA) is 66.0 Å². The number of nitrogens with one attached hydrogen (secondary N) is 2. The Bertz CT molecular complexity index is 784. The SMILES string of the molecule is CCNC(=NCc1ccccc1OCC)NCC(=O)N(CC)Cc1ccccc1.I. The largest absolute Gasteiger partial charge is 0.494 e. The van der Waals surface area contributed by atoms with E-state index in [-0.39, 0.29) is 36.4 Å². The van der Waals surface area contributed by atoms with E-state index in [2.05, 4.69) is 15.6 Å². The van der Waals surface area contributed by atoms with Gasteiger partial charge >= 0.3 is 0 Å². The van der Waals surface area contributed by atoms with Crippen LogP contribution < -0.4 is 15.4 Å². The first-order valence-corrected chi connectivity index (χ1v) is 10.2. The molecule has 2 rings (SSSR count). The van der Waals surface area contributed by atoms with Gasteiger partial charge in [-0.3, -0.25) is 4.79 Å². The van der Waals surface area contributed by atoms with E-state index in [9.17, 15) is 4.79 Å². The van der Waals surface area contributed by atoms with Crippen LogP contribution in [0, 0.1) is 0 Å². The van der Waals surface area contributed by atoms with Crippen molar-refractivity contribution in [1.29, 1.82) is 0 Å². The van der Waals surface area contributed by atoms with E-state index in [0.717, 1.165) is 16.9 Å². The highest BCUT2D eigenvalue weighted by molar-refractivity contribution is 14.0. The van der Waals surface area contributed by atoms with Crippen LogP contribution in [0.4, 0.5) is 0 Å². The summed E-state index contributed by atoms with van der Waals surface area (Å²) in [5, 5.41) is 6.34. The molecule has 2 N–H and O–H groups in total. The standard InChI is InChI=1S/C23H32N4O2.HI/c1-4-24-23(25-16-20-14-10-11-15-21(20)29-6-3)26-17-22(28)27(5-2)18-19-12-8-7-9-13-19;/h7-15H,4-6,16-18H2,1-3H3,(H2,24,25,26);1H. The first-order chi connectivity index (χ1) is 14.2. The molecule has 6 nitrogen and oxygen atoms in total. The van der Waals surface area contributed by atoms with Crippen LogP contribution in [0.3, 0.4) is 0 Å². The molecule has 0 spiro atoms. The number of likely N-dealkylation sites (N-methyl/N-ethyl adjacent to an activating group) is 1. The van der Waals surface area contributed by atoms with Crippen molar-refractivity contribution in [3.05, 3.63) is 65.7 Å². The molecule has 0 aliphatic carbocycles. The molecule has 2 aromatic rings. The highest BCUT2D eigenvalue weighted by Gasteiger charge is 2.13. The lowest BCUT2D eigenvalue weighted by molar-refractivity contribution is -0.130. The van der Waals surface area contributed by atoms with E-state index < -0.39 is 0 Å². The van der Waals surface area contributed by atoms with Crippen molar-refractivity contribution in [3.8, 4) is 5.75 Å². The second-order valence-corrected chi connectivity index (χ2v) is 6.48. The fraction of sp³-hybridized carbons (Fsp3) is 0.391. The van der Waals surface area contributed by atoms with Gasteiger partial charge in [0.25, 0.3) is 0 Å². The second kappa shape index (κ2) is 14.7. The van der Waals surface area contributed by atoms with Gasteiger partial charge in [-0.2, -0.15) is 0 Å². The molecule has 30 heavy (non-hydrogen) atoms. The molecule has 0 unspecified atom stereocenters. The smallest absolute Gasteiger partial charge is 0.242 e. The molecule has 0 aliphatic heterocycles. The summed E-state index contributed by atoms with van der Waals surface area (Å²) in [6.07, 6.45) is 0. The number of rotatable bonds is 10. The third-order valence-corrected chi connectivity index (χ3v) is 4.38. The fourth-order valence-corrected chi connectivity index (χ4v) is 2.89. The van der Waals surface area contributed by atoms with Crippen molar-refractivity contribution in [1.82, 2.24) is 15.5 Å². The van der Waals surface area contributed by atoms with Gasteiger partial charge in [0.05, 0.1) is 19.7 Å². The van der Waals surface area contributed by atoms with E-state index in [4.69, 9.17) is 4.74 Å². The lowest BCUT2D eigenvalue weighted by Gasteiger charge is -2.22. The number of carbonyl (C=O) groups excluding carboxylic acids is 1. The van der Waals surface area contributed by atoms with Crippen LogP contribution in [-0.2, 0) is 17.9 Å². The van der Waals surface area contributed by atoms with E-state index in [1.165, 1.54) is 0 Å². The van der Waals surface area contributed by atoms with Crippen molar-refractivity contribution in [2.45, 2.75) is 33.9 Å². The molecule has 0 fully saturated rings. The molecule has 0 atom stereocenters. The molecule has 164 valence electrons. The molecule has 7 heteroatoms. The van der Waals surface area contributed by atoms with Crippen molar-refractivity contribution in [2.75, 3.05) is 26.2 Å². The van der Waals surface area contributed by atoms with Crippen LogP contribution >= 0.6 is 24.0 Å². The average molecular weight is 524 g/mol. The van der Waals surface area contributed by atoms with E-state index >= 15 is 0 Å².